The van der Waals surface area contributed by atoms with Crippen molar-refractivity contribution >= 4 is 11.6 Å². The van der Waals surface area contributed by atoms with E-state index in [1.165, 1.54) is 0 Å². The minimum atomic E-state index is 0.603. The Morgan fingerprint density at radius 2 is 2.20 bits per heavy atom. The highest BCUT2D eigenvalue weighted by Crippen LogP contribution is 2.29. The largest absolute Gasteiger partial charge is 0.494 e. The monoisotopic (exact) mass is 295 g/mol. The average molecular weight is 296 g/mol. The summed E-state index contributed by atoms with van der Waals surface area (Å²) >= 11 is 6.11. The Kier molecular flexibility index (Phi) is 4.92. The van der Waals surface area contributed by atoms with Crippen LogP contribution in [-0.4, -0.2) is 33.9 Å². The Morgan fingerprint density at radius 3 is 2.90 bits per heavy atom. The SMILES string of the molecule is CCCNCc1nnnn1-c1cc(C)c(Cl)cc1OC. The molecule has 0 atom stereocenters. The van der Waals surface area contributed by atoms with Gasteiger partial charge in [-0.05, 0) is 41.9 Å². The number of ether oxygens (including phenoxy) is 1. The van der Waals surface area contributed by atoms with Crippen molar-refractivity contribution < 1.29 is 4.74 Å². The molecule has 0 radical (unpaired) electrons. The lowest BCUT2D eigenvalue weighted by molar-refractivity contribution is 0.410. The fourth-order valence-corrected chi connectivity index (χ4v) is 2.01. The van der Waals surface area contributed by atoms with Crippen molar-refractivity contribution in [3.05, 3.63) is 28.5 Å². The molecule has 7 heteroatoms. The van der Waals surface area contributed by atoms with Crippen molar-refractivity contribution in [3.63, 3.8) is 0 Å². The molecule has 1 aromatic carbocycles. The van der Waals surface area contributed by atoms with E-state index in [0.717, 1.165) is 30.0 Å². The van der Waals surface area contributed by atoms with E-state index in [1.807, 2.05) is 13.0 Å². The van der Waals surface area contributed by atoms with Crippen LogP contribution in [-0.2, 0) is 6.54 Å². The van der Waals surface area contributed by atoms with Gasteiger partial charge in [0.15, 0.2) is 5.82 Å². The van der Waals surface area contributed by atoms with E-state index in [9.17, 15) is 0 Å². The van der Waals surface area contributed by atoms with Crippen LogP contribution in [0.2, 0.25) is 5.02 Å². The molecule has 1 aromatic heterocycles. The highest BCUT2D eigenvalue weighted by molar-refractivity contribution is 6.31. The standard InChI is InChI=1S/C13H18ClN5O/c1-4-5-15-8-13-16-17-18-19(13)11-6-9(2)10(14)7-12(11)20-3/h6-7,15H,4-5,8H2,1-3H3. The molecule has 2 aromatic rings. The molecule has 6 nitrogen and oxygen atoms in total. The van der Waals surface area contributed by atoms with Crippen molar-refractivity contribution in [2.75, 3.05) is 13.7 Å². The van der Waals surface area contributed by atoms with Gasteiger partial charge in [-0.25, -0.2) is 0 Å². The molecule has 0 unspecified atom stereocenters. The van der Waals surface area contributed by atoms with Gasteiger partial charge in [-0.1, -0.05) is 18.5 Å². The molecular formula is C13H18ClN5O. The molecule has 108 valence electrons. The number of nitrogens with zero attached hydrogens (tertiary/aromatic N) is 4. The predicted molar refractivity (Wildman–Crippen MR) is 77.5 cm³/mol. The summed E-state index contributed by atoms with van der Waals surface area (Å²) in [6.07, 6.45) is 1.06. The molecule has 0 aliphatic heterocycles. The van der Waals surface area contributed by atoms with E-state index in [4.69, 9.17) is 16.3 Å². The first-order valence-electron chi connectivity index (χ1n) is 6.49. The normalized spacial score (nSPS) is 10.8. The predicted octanol–water partition coefficient (Wildman–Crippen LogP) is 2.13. The zero-order valence-corrected chi connectivity index (χ0v) is 12.6. The van der Waals surface area contributed by atoms with Gasteiger partial charge in [-0.3, -0.25) is 0 Å². The number of hydrogen-bond acceptors (Lipinski definition) is 5. The number of tetrazole rings is 1. The van der Waals surface area contributed by atoms with Gasteiger partial charge in [0, 0.05) is 11.1 Å². The van der Waals surface area contributed by atoms with Gasteiger partial charge in [0.2, 0.25) is 0 Å². The second-order valence-electron chi connectivity index (χ2n) is 4.46. The quantitative estimate of drug-likeness (QED) is 0.827. The highest BCUT2D eigenvalue weighted by Gasteiger charge is 2.14. The lowest BCUT2D eigenvalue weighted by Crippen LogP contribution is -2.18. The van der Waals surface area contributed by atoms with Gasteiger partial charge in [-0.15, -0.1) is 5.10 Å². The van der Waals surface area contributed by atoms with Gasteiger partial charge < -0.3 is 10.1 Å². The third kappa shape index (κ3) is 3.08. The molecule has 20 heavy (non-hydrogen) atoms. The van der Waals surface area contributed by atoms with Gasteiger partial charge in [0.05, 0.1) is 13.7 Å². The second kappa shape index (κ2) is 6.67. The Bertz CT molecular complexity index is 584. The Hall–Kier alpha value is -1.66. The lowest BCUT2D eigenvalue weighted by Gasteiger charge is -2.12. The maximum atomic E-state index is 6.11. The van der Waals surface area contributed by atoms with E-state index in [0.29, 0.717) is 17.3 Å². The van der Waals surface area contributed by atoms with E-state index in [-0.39, 0.29) is 0 Å². The van der Waals surface area contributed by atoms with Crippen molar-refractivity contribution in [1.29, 1.82) is 0 Å². The molecule has 0 amide bonds. The van der Waals surface area contributed by atoms with E-state index in [2.05, 4.69) is 27.8 Å². The third-order valence-electron chi connectivity index (χ3n) is 2.93. The smallest absolute Gasteiger partial charge is 0.170 e. The summed E-state index contributed by atoms with van der Waals surface area (Å²) in [6.45, 7) is 5.57. The fraction of sp³-hybridized carbons (Fsp3) is 0.462. The lowest BCUT2D eigenvalue weighted by atomic mass is 10.2. The number of rotatable bonds is 6. The number of aryl methyl sites for hydroxylation is 1. The molecule has 0 aliphatic rings. The first-order valence-corrected chi connectivity index (χ1v) is 6.87. The number of benzene rings is 1. The van der Waals surface area contributed by atoms with Gasteiger partial charge in [0.1, 0.15) is 11.4 Å². The first-order chi connectivity index (χ1) is 9.67. The minimum absolute atomic E-state index is 0.603. The number of aromatic nitrogens is 4. The van der Waals surface area contributed by atoms with Crippen LogP contribution in [0.3, 0.4) is 0 Å². The molecule has 0 spiro atoms. The van der Waals surface area contributed by atoms with Gasteiger partial charge in [-0.2, -0.15) is 4.68 Å². The van der Waals surface area contributed by atoms with E-state index in [1.54, 1.807) is 17.9 Å². The molecule has 0 bridgehead atoms. The molecule has 2 rings (SSSR count). The zero-order chi connectivity index (χ0) is 14.5. The maximum absolute atomic E-state index is 6.11. The summed E-state index contributed by atoms with van der Waals surface area (Å²) < 4.78 is 7.04. The van der Waals surface area contributed by atoms with Gasteiger partial charge in [0.25, 0.3) is 0 Å². The maximum Gasteiger partial charge on any atom is 0.170 e. The van der Waals surface area contributed by atoms with Crippen molar-refractivity contribution in [2.45, 2.75) is 26.8 Å². The summed E-state index contributed by atoms with van der Waals surface area (Å²) in [5, 5.41) is 15.8. The first kappa shape index (κ1) is 14.7. The highest BCUT2D eigenvalue weighted by atomic mass is 35.5. The van der Waals surface area contributed by atoms with Crippen LogP contribution in [0.5, 0.6) is 5.75 Å². The number of hydrogen-bond donors (Lipinski definition) is 1. The molecule has 0 fully saturated rings. The summed E-state index contributed by atoms with van der Waals surface area (Å²) in [5.74, 6) is 1.38. The van der Waals surface area contributed by atoms with E-state index >= 15 is 0 Å². The number of methoxy groups -OCH3 is 1. The van der Waals surface area contributed by atoms with E-state index < -0.39 is 0 Å². The van der Waals surface area contributed by atoms with Crippen molar-refractivity contribution in [3.8, 4) is 11.4 Å². The Balaban J connectivity index is 2.36. The third-order valence-corrected chi connectivity index (χ3v) is 3.34. The minimum Gasteiger partial charge on any atom is -0.494 e. The second-order valence-corrected chi connectivity index (χ2v) is 4.86. The van der Waals surface area contributed by atoms with Crippen LogP contribution in [0.15, 0.2) is 12.1 Å². The van der Waals surface area contributed by atoms with Crippen molar-refractivity contribution in [2.24, 2.45) is 0 Å². The van der Waals surface area contributed by atoms with Crippen LogP contribution >= 0.6 is 11.6 Å². The van der Waals surface area contributed by atoms with Gasteiger partial charge >= 0.3 is 0 Å². The van der Waals surface area contributed by atoms with Crippen LogP contribution in [0.4, 0.5) is 0 Å². The topological polar surface area (TPSA) is 64.9 Å². The fourth-order valence-electron chi connectivity index (χ4n) is 1.86. The molecule has 0 aliphatic carbocycles. The van der Waals surface area contributed by atoms with Crippen molar-refractivity contribution in [1.82, 2.24) is 25.5 Å². The molecule has 0 saturated heterocycles. The van der Waals surface area contributed by atoms with Crippen LogP contribution in [0.1, 0.15) is 24.7 Å². The van der Waals surface area contributed by atoms with Crippen LogP contribution in [0.25, 0.3) is 5.69 Å². The summed E-state index contributed by atoms with van der Waals surface area (Å²) in [6, 6.07) is 3.69. The van der Waals surface area contributed by atoms with Crippen LogP contribution in [0, 0.1) is 6.92 Å². The van der Waals surface area contributed by atoms with Crippen LogP contribution < -0.4 is 10.1 Å². The number of nitrogens with one attached hydrogen (secondary N) is 1. The zero-order valence-electron chi connectivity index (χ0n) is 11.9. The molecule has 1 N–H and O–H groups in total. The Labute approximate surface area is 123 Å². The molecular weight excluding hydrogens is 278 g/mol. The summed E-state index contributed by atoms with van der Waals surface area (Å²) in [5.41, 5.74) is 1.73. The molecule has 1 heterocycles. The average Bonchev–Trinajstić information content (AvgIpc) is 2.90. The molecule has 0 saturated carbocycles. The summed E-state index contributed by atoms with van der Waals surface area (Å²) in [7, 11) is 1.60. The Morgan fingerprint density at radius 1 is 1.40 bits per heavy atom. The number of halogens is 1. The summed E-state index contributed by atoms with van der Waals surface area (Å²) in [4.78, 5) is 0.